The van der Waals surface area contributed by atoms with Crippen molar-refractivity contribution in [3.05, 3.63) is 0 Å². The van der Waals surface area contributed by atoms with Crippen LogP contribution in [0.5, 0.6) is 0 Å². The molecule has 1 heterocycles. The molecule has 1 aliphatic rings. The van der Waals surface area contributed by atoms with E-state index in [-0.39, 0.29) is 71.7 Å². The van der Waals surface area contributed by atoms with Crippen LogP contribution in [0.1, 0.15) is 12.8 Å². The molecule has 1 aliphatic heterocycles. The van der Waals surface area contributed by atoms with Crippen LogP contribution in [-0.4, -0.2) is 62.1 Å². The van der Waals surface area contributed by atoms with Crippen molar-refractivity contribution in [2.45, 2.75) is 12.8 Å². The predicted molar refractivity (Wildman–Crippen MR) is 32.6 cm³/mol. The van der Waals surface area contributed by atoms with Gasteiger partial charge in [-0.1, -0.05) is 0 Å². The maximum atomic E-state index is 10.5. The molecule has 1 rings (SSSR count). The van der Waals surface area contributed by atoms with E-state index >= 15 is 0 Å². The third kappa shape index (κ3) is 5.35. The summed E-state index contributed by atoms with van der Waals surface area (Å²) in [5, 5.41) is 0. The second kappa shape index (κ2) is 8.78. The Morgan fingerprint density at radius 3 is 2.00 bits per heavy atom. The zero-order valence-electron chi connectivity index (χ0n) is 5.94. The second-order valence-corrected chi connectivity index (χ2v) is 1.92. The van der Waals surface area contributed by atoms with Crippen molar-refractivity contribution < 1.29 is 38.8 Å². The number of halogens is 2. The number of nitrogens with zero attached hydrogens (tertiary/aromatic N) is 1. The SMILES string of the molecule is CN1CCCC1=O.[Br-].[Br-].[Ca+2]. The van der Waals surface area contributed by atoms with Crippen molar-refractivity contribution in [2.75, 3.05) is 13.6 Å². The number of carbonyl (C=O) groups is 1. The van der Waals surface area contributed by atoms with Crippen LogP contribution in [0, 0.1) is 0 Å². The summed E-state index contributed by atoms with van der Waals surface area (Å²) < 4.78 is 0. The summed E-state index contributed by atoms with van der Waals surface area (Å²) in [7, 11) is 1.84. The molecule has 5 heteroatoms. The third-order valence-electron chi connectivity index (χ3n) is 1.31. The quantitative estimate of drug-likeness (QED) is 0.408. The summed E-state index contributed by atoms with van der Waals surface area (Å²) in [4.78, 5) is 12.3. The Morgan fingerprint density at radius 2 is 1.90 bits per heavy atom. The Morgan fingerprint density at radius 1 is 1.40 bits per heavy atom. The molecule has 0 aliphatic carbocycles. The summed E-state index contributed by atoms with van der Waals surface area (Å²) in [5.41, 5.74) is 0. The predicted octanol–water partition coefficient (Wildman–Crippen LogP) is -6.13. The maximum Gasteiger partial charge on any atom is 2.00 e. The summed E-state index contributed by atoms with van der Waals surface area (Å²) in [6, 6.07) is 0. The molecule has 0 spiro atoms. The van der Waals surface area contributed by atoms with Crippen LogP contribution >= 0.6 is 0 Å². The van der Waals surface area contributed by atoms with E-state index in [2.05, 4.69) is 0 Å². The van der Waals surface area contributed by atoms with E-state index in [0.717, 1.165) is 19.4 Å². The van der Waals surface area contributed by atoms with Gasteiger partial charge in [-0.2, -0.15) is 0 Å². The van der Waals surface area contributed by atoms with Crippen LogP contribution in [0.25, 0.3) is 0 Å². The van der Waals surface area contributed by atoms with E-state index in [9.17, 15) is 4.79 Å². The minimum Gasteiger partial charge on any atom is -1.00 e. The molecule has 56 valence electrons. The smallest absolute Gasteiger partial charge is 1.00 e. The summed E-state index contributed by atoms with van der Waals surface area (Å²) >= 11 is 0. The first-order chi connectivity index (χ1) is 3.30. The summed E-state index contributed by atoms with van der Waals surface area (Å²) in [5.74, 6) is 0.292. The number of carbonyl (C=O) groups excluding carboxylic acids is 1. The minimum absolute atomic E-state index is 0. The van der Waals surface area contributed by atoms with Gasteiger partial charge in [0.1, 0.15) is 0 Å². The zero-order chi connectivity index (χ0) is 5.28. The standard InChI is InChI=1S/C5H9NO.2BrH.Ca/c1-6-4-2-3-5(6)7;;;/h2-4H2,1H3;2*1H;/q;;;+2/p-2. The van der Waals surface area contributed by atoms with Crippen LogP contribution in [0.15, 0.2) is 0 Å². The summed E-state index contributed by atoms with van der Waals surface area (Å²) in [6.07, 6.45) is 1.81. The molecule has 0 radical (unpaired) electrons. The molecule has 0 saturated carbocycles. The molecule has 0 unspecified atom stereocenters. The monoisotopic (exact) mass is 297 g/mol. The molecule has 2 nitrogen and oxygen atoms in total. The van der Waals surface area contributed by atoms with Gasteiger partial charge in [-0.05, 0) is 6.42 Å². The number of hydrogen-bond acceptors (Lipinski definition) is 1. The van der Waals surface area contributed by atoms with E-state index in [1.165, 1.54) is 0 Å². The molecular formula is C5H9Br2CaNO. The van der Waals surface area contributed by atoms with Crippen molar-refractivity contribution in [3.63, 3.8) is 0 Å². The molecule has 0 aromatic carbocycles. The normalized spacial score (nSPS) is 14.9. The van der Waals surface area contributed by atoms with Gasteiger partial charge < -0.3 is 38.9 Å². The van der Waals surface area contributed by atoms with Crippen molar-refractivity contribution in [1.82, 2.24) is 4.90 Å². The zero-order valence-corrected chi connectivity index (χ0v) is 11.3. The Hall–Kier alpha value is 1.69. The third-order valence-corrected chi connectivity index (χ3v) is 1.31. The van der Waals surface area contributed by atoms with Gasteiger partial charge in [-0.25, -0.2) is 0 Å². The average Bonchev–Trinajstić information content (AvgIpc) is 1.91. The van der Waals surface area contributed by atoms with Gasteiger partial charge >= 0.3 is 37.7 Å². The molecule has 0 aromatic rings. The van der Waals surface area contributed by atoms with Gasteiger partial charge in [0.15, 0.2) is 0 Å². The number of rotatable bonds is 0. The van der Waals surface area contributed by atoms with Gasteiger partial charge in [-0.3, -0.25) is 4.79 Å². The topological polar surface area (TPSA) is 20.3 Å². The van der Waals surface area contributed by atoms with Crippen molar-refractivity contribution >= 4 is 43.6 Å². The van der Waals surface area contributed by atoms with E-state index in [1.54, 1.807) is 4.90 Å². The molecule has 10 heavy (non-hydrogen) atoms. The molecule has 1 amide bonds. The fraction of sp³-hybridized carbons (Fsp3) is 0.800. The van der Waals surface area contributed by atoms with Crippen LogP contribution in [0.3, 0.4) is 0 Å². The molecular weight excluding hydrogens is 290 g/mol. The maximum absolute atomic E-state index is 10.5. The molecule has 1 fully saturated rings. The van der Waals surface area contributed by atoms with Crippen LogP contribution in [0.4, 0.5) is 0 Å². The Balaban J connectivity index is -0.000000163. The van der Waals surface area contributed by atoms with Gasteiger partial charge in [-0.15, -0.1) is 0 Å². The first-order valence-electron chi connectivity index (χ1n) is 2.54. The fourth-order valence-corrected chi connectivity index (χ4v) is 0.783. The first-order valence-corrected chi connectivity index (χ1v) is 2.54. The number of hydrogen-bond donors (Lipinski definition) is 0. The van der Waals surface area contributed by atoms with Gasteiger partial charge in [0.2, 0.25) is 5.91 Å². The number of likely N-dealkylation sites (tertiary alicyclic amines) is 1. The van der Waals surface area contributed by atoms with Crippen molar-refractivity contribution in [2.24, 2.45) is 0 Å². The minimum atomic E-state index is 0. The van der Waals surface area contributed by atoms with E-state index in [4.69, 9.17) is 0 Å². The van der Waals surface area contributed by atoms with Gasteiger partial charge in [0.05, 0.1) is 0 Å². The van der Waals surface area contributed by atoms with Crippen LogP contribution in [0.2, 0.25) is 0 Å². The van der Waals surface area contributed by atoms with Gasteiger partial charge in [0.25, 0.3) is 0 Å². The molecule has 0 aromatic heterocycles. The van der Waals surface area contributed by atoms with E-state index in [0.29, 0.717) is 5.91 Å². The summed E-state index contributed by atoms with van der Waals surface area (Å²) in [6.45, 7) is 0.957. The Labute approximate surface area is 112 Å². The first kappa shape index (κ1) is 17.7. The Bertz CT molecular complexity index is 102. The van der Waals surface area contributed by atoms with Gasteiger partial charge in [0, 0.05) is 20.0 Å². The van der Waals surface area contributed by atoms with Crippen molar-refractivity contribution in [3.8, 4) is 0 Å². The average molecular weight is 299 g/mol. The van der Waals surface area contributed by atoms with Crippen LogP contribution in [-0.2, 0) is 4.79 Å². The van der Waals surface area contributed by atoms with Crippen LogP contribution < -0.4 is 34.0 Å². The molecule has 0 bridgehead atoms. The largest absolute Gasteiger partial charge is 2.00 e. The molecule has 1 saturated heterocycles. The van der Waals surface area contributed by atoms with E-state index in [1.807, 2.05) is 7.05 Å². The van der Waals surface area contributed by atoms with E-state index < -0.39 is 0 Å². The molecule has 0 atom stereocenters. The molecule has 0 N–H and O–H groups in total. The fourth-order valence-electron chi connectivity index (χ4n) is 0.783. The second-order valence-electron chi connectivity index (χ2n) is 1.92. The Kier molecular flexibility index (Phi) is 15.5. The van der Waals surface area contributed by atoms with Crippen molar-refractivity contribution in [1.29, 1.82) is 0 Å². The number of amides is 1.